The molecular weight excluding hydrogens is 695 g/mol. The molecule has 4 heterocycles. The minimum absolute atomic E-state index is 0.595. The molecule has 6 heteroatoms. The highest BCUT2D eigenvalue weighted by Gasteiger charge is 2.25. The summed E-state index contributed by atoms with van der Waals surface area (Å²) in [7, 11) is 0. The first kappa shape index (κ1) is 30.3. The quantitative estimate of drug-likeness (QED) is 0.177. The van der Waals surface area contributed by atoms with E-state index in [0.717, 1.165) is 66.8 Å². The van der Waals surface area contributed by atoms with E-state index in [-0.39, 0.29) is 0 Å². The smallest absolute Gasteiger partial charge is 0.227 e. The first-order valence-electron chi connectivity index (χ1n) is 18.4. The van der Waals surface area contributed by atoms with Crippen molar-refractivity contribution in [1.82, 2.24) is 9.55 Å². The van der Waals surface area contributed by atoms with Crippen LogP contribution >= 0.6 is 11.3 Å². The number of benzene rings is 8. The van der Waals surface area contributed by atoms with Crippen LogP contribution in [0.5, 0.6) is 0 Å². The third-order valence-electron chi connectivity index (χ3n) is 10.8. The summed E-state index contributed by atoms with van der Waals surface area (Å²) in [4.78, 5) is 7.35. The van der Waals surface area contributed by atoms with Crippen molar-refractivity contribution in [2.75, 3.05) is 4.90 Å². The van der Waals surface area contributed by atoms with Crippen molar-refractivity contribution >= 4 is 103 Å². The molecule has 55 heavy (non-hydrogen) atoms. The van der Waals surface area contributed by atoms with Gasteiger partial charge in [-0.1, -0.05) is 91.0 Å². The lowest BCUT2D eigenvalue weighted by Crippen LogP contribution is -2.12. The Balaban J connectivity index is 1.16. The van der Waals surface area contributed by atoms with Gasteiger partial charge < -0.3 is 18.3 Å². The molecule has 258 valence electrons. The first-order valence-corrected chi connectivity index (χ1v) is 19.2. The van der Waals surface area contributed by atoms with Crippen molar-refractivity contribution in [2.45, 2.75) is 0 Å². The van der Waals surface area contributed by atoms with E-state index in [1.165, 1.54) is 30.9 Å². The highest BCUT2D eigenvalue weighted by Crippen LogP contribution is 2.49. The van der Waals surface area contributed by atoms with Gasteiger partial charge in [-0.25, -0.2) is 4.98 Å². The summed E-state index contributed by atoms with van der Waals surface area (Å²) in [6.07, 6.45) is 0. The largest absolute Gasteiger partial charge is 0.456 e. The van der Waals surface area contributed by atoms with E-state index in [9.17, 15) is 0 Å². The van der Waals surface area contributed by atoms with Gasteiger partial charge in [0.15, 0.2) is 5.58 Å². The van der Waals surface area contributed by atoms with Gasteiger partial charge >= 0.3 is 0 Å². The van der Waals surface area contributed by atoms with Gasteiger partial charge in [0.2, 0.25) is 5.89 Å². The summed E-state index contributed by atoms with van der Waals surface area (Å²) in [6.45, 7) is 0. The summed E-state index contributed by atoms with van der Waals surface area (Å²) in [5.41, 5.74) is 10.7. The molecule has 4 aromatic heterocycles. The number of furan rings is 1. The van der Waals surface area contributed by atoms with Gasteiger partial charge in [0.25, 0.3) is 0 Å². The zero-order chi connectivity index (χ0) is 36.0. The Morgan fingerprint density at radius 3 is 2.09 bits per heavy atom. The van der Waals surface area contributed by atoms with Crippen LogP contribution < -0.4 is 4.90 Å². The fourth-order valence-corrected chi connectivity index (χ4v) is 9.53. The van der Waals surface area contributed by atoms with E-state index >= 15 is 0 Å². The zero-order valence-electron chi connectivity index (χ0n) is 29.3. The van der Waals surface area contributed by atoms with Crippen LogP contribution in [0.4, 0.5) is 17.1 Å². The molecule has 0 spiro atoms. The van der Waals surface area contributed by atoms with Gasteiger partial charge in [-0.15, -0.1) is 11.3 Å². The standard InChI is InChI=1S/C49H29N3O2S/c1-3-13-30(14-4-1)49-50-38-28-37-36-27-32(25-26-42(36)53-43(37)29-44(38)54-49)51(40-21-12-24-46-47(40)35-18-8-10-23-45(35)55-46)41-22-11-19-34-33-17-7-9-20-39(33)52(48(34)41)31-15-5-2-6-16-31/h1-29H. The summed E-state index contributed by atoms with van der Waals surface area (Å²) in [5, 5.41) is 6.90. The lowest BCUT2D eigenvalue weighted by atomic mass is 10.1. The lowest BCUT2D eigenvalue weighted by molar-refractivity contribution is 0.617. The van der Waals surface area contributed by atoms with Crippen molar-refractivity contribution < 1.29 is 8.83 Å². The Kier molecular flexibility index (Phi) is 6.44. The van der Waals surface area contributed by atoms with Crippen LogP contribution in [0, 0.1) is 0 Å². The average Bonchev–Trinajstić information content (AvgIpc) is 4.01. The SMILES string of the molecule is c1ccc(-c2nc3cc4c(cc3o2)oc2ccc(N(c3cccc5sc6ccccc6c35)c3cccc5c6ccccc6n(-c6ccccc6)c35)cc24)cc1. The third kappa shape index (κ3) is 4.55. The van der Waals surface area contributed by atoms with Crippen LogP contribution in [0.2, 0.25) is 0 Å². The summed E-state index contributed by atoms with van der Waals surface area (Å²) in [6, 6.07) is 62.2. The van der Waals surface area contributed by atoms with Crippen molar-refractivity contribution in [3.63, 3.8) is 0 Å². The van der Waals surface area contributed by atoms with E-state index in [0.29, 0.717) is 11.5 Å². The number of fused-ring (bicyclic) bond motifs is 10. The maximum Gasteiger partial charge on any atom is 0.227 e. The molecule has 0 atom stereocenters. The number of aromatic nitrogens is 2. The van der Waals surface area contributed by atoms with Crippen LogP contribution in [0.3, 0.4) is 0 Å². The first-order chi connectivity index (χ1) is 27.3. The molecule has 0 saturated heterocycles. The predicted octanol–water partition coefficient (Wildman–Crippen LogP) is 14.3. The number of hydrogen-bond donors (Lipinski definition) is 0. The van der Waals surface area contributed by atoms with Gasteiger partial charge in [0.1, 0.15) is 16.7 Å². The molecule has 0 unspecified atom stereocenters. The molecule has 0 radical (unpaired) electrons. The summed E-state index contributed by atoms with van der Waals surface area (Å²) >= 11 is 1.84. The fraction of sp³-hybridized carbons (Fsp3) is 0. The molecule has 0 N–H and O–H groups in total. The third-order valence-corrected chi connectivity index (χ3v) is 11.9. The van der Waals surface area contributed by atoms with Crippen LogP contribution in [0.1, 0.15) is 0 Å². The highest BCUT2D eigenvalue weighted by molar-refractivity contribution is 7.26. The number of rotatable bonds is 5. The number of oxazole rings is 1. The molecule has 0 saturated carbocycles. The zero-order valence-corrected chi connectivity index (χ0v) is 30.1. The fourth-order valence-electron chi connectivity index (χ4n) is 8.41. The van der Waals surface area contributed by atoms with Crippen molar-refractivity contribution in [2.24, 2.45) is 0 Å². The number of hydrogen-bond acceptors (Lipinski definition) is 5. The van der Waals surface area contributed by atoms with Crippen LogP contribution in [-0.2, 0) is 0 Å². The monoisotopic (exact) mass is 723 g/mol. The highest BCUT2D eigenvalue weighted by atomic mass is 32.1. The normalized spacial score (nSPS) is 12.0. The van der Waals surface area contributed by atoms with E-state index in [2.05, 4.69) is 149 Å². The number of nitrogens with zero attached hydrogens (tertiary/aromatic N) is 3. The van der Waals surface area contributed by atoms with Gasteiger partial charge in [-0.2, -0.15) is 0 Å². The van der Waals surface area contributed by atoms with Gasteiger partial charge in [-0.05, 0) is 78.9 Å². The van der Waals surface area contributed by atoms with Crippen LogP contribution in [0.15, 0.2) is 185 Å². The molecule has 5 nitrogen and oxygen atoms in total. The second-order valence-corrected chi connectivity index (χ2v) is 15.0. The molecule has 0 bridgehead atoms. The Hall–Kier alpha value is -7.15. The molecular formula is C49H29N3O2S. The number of thiophene rings is 1. The van der Waals surface area contributed by atoms with Crippen molar-refractivity contribution in [1.29, 1.82) is 0 Å². The minimum Gasteiger partial charge on any atom is -0.456 e. The van der Waals surface area contributed by atoms with Crippen LogP contribution in [0.25, 0.3) is 92.2 Å². The molecule has 0 aliphatic rings. The average molecular weight is 724 g/mol. The Morgan fingerprint density at radius 2 is 1.20 bits per heavy atom. The van der Waals surface area contributed by atoms with E-state index in [4.69, 9.17) is 13.8 Å². The topological polar surface area (TPSA) is 47.3 Å². The molecule has 0 amide bonds. The molecule has 0 fully saturated rings. The second kappa shape index (κ2) is 11.7. The number of para-hydroxylation sites is 3. The number of anilines is 3. The molecule has 12 aromatic rings. The summed E-state index contributed by atoms with van der Waals surface area (Å²) < 4.78 is 17.7. The molecule has 0 aliphatic heterocycles. The molecule has 12 rings (SSSR count). The predicted molar refractivity (Wildman–Crippen MR) is 229 cm³/mol. The van der Waals surface area contributed by atoms with Gasteiger partial charge in [0, 0.05) is 64.7 Å². The molecule has 0 aliphatic carbocycles. The lowest BCUT2D eigenvalue weighted by Gasteiger charge is -2.28. The molecule has 8 aromatic carbocycles. The Morgan fingerprint density at radius 1 is 0.491 bits per heavy atom. The van der Waals surface area contributed by atoms with Crippen LogP contribution in [-0.4, -0.2) is 9.55 Å². The Bertz CT molecular complexity index is 3450. The van der Waals surface area contributed by atoms with E-state index in [1.807, 2.05) is 47.7 Å². The van der Waals surface area contributed by atoms with E-state index in [1.54, 1.807) is 0 Å². The minimum atomic E-state index is 0.595. The van der Waals surface area contributed by atoms with Crippen molar-refractivity contribution in [3.8, 4) is 17.1 Å². The maximum absolute atomic E-state index is 6.52. The van der Waals surface area contributed by atoms with Gasteiger partial charge in [-0.3, -0.25) is 0 Å². The second-order valence-electron chi connectivity index (χ2n) is 13.9. The van der Waals surface area contributed by atoms with Gasteiger partial charge in [0.05, 0.1) is 22.4 Å². The van der Waals surface area contributed by atoms with E-state index < -0.39 is 0 Å². The maximum atomic E-state index is 6.52. The van der Waals surface area contributed by atoms with Crippen molar-refractivity contribution in [3.05, 3.63) is 176 Å². The Labute approximate surface area is 318 Å². The summed E-state index contributed by atoms with van der Waals surface area (Å²) in [5.74, 6) is 0.595.